The molecule has 0 amide bonds. The molecule has 8 heteroatoms. The van der Waals surface area contributed by atoms with Crippen molar-refractivity contribution in [2.24, 2.45) is 11.1 Å². The van der Waals surface area contributed by atoms with Crippen LogP contribution in [0.25, 0.3) is 11.0 Å². The Balaban J connectivity index is 1.18. The molecule has 1 saturated heterocycles. The third-order valence-electron chi connectivity index (χ3n) is 9.35. The standard InChI is InChI=1S/C29H32N6O2/c1-37-20-8-4-7-19(16-20)29(10-5-11-29)24-22-25(34-33-24)31-27(32-26(22)36)35-14-12-28(13-15-35)17-18-6-2-3-9-21(18)23(28)30/h2-4,6-9,16,23H,5,10-15,17,30H2,1H3,(H2,31,32,33,34,36)/t23-/m1/s1. The first kappa shape index (κ1) is 22.5. The normalized spacial score (nSPS) is 21.7. The quantitative estimate of drug-likeness (QED) is 0.394. The van der Waals surface area contributed by atoms with Crippen molar-refractivity contribution in [3.05, 3.63) is 81.3 Å². The number of fused-ring (bicyclic) bond motifs is 2. The van der Waals surface area contributed by atoms with E-state index in [1.165, 1.54) is 11.1 Å². The summed E-state index contributed by atoms with van der Waals surface area (Å²) in [6.45, 7) is 1.62. The van der Waals surface area contributed by atoms with E-state index >= 15 is 0 Å². The molecule has 0 radical (unpaired) electrons. The second-order valence-electron chi connectivity index (χ2n) is 11.1. The van der Waals surface area contributed by atoms with Gasteiger partial charge in [-0.15, -0.1) is 0 Å². The van der Waals surface area contributed by atoms with E-state index in [0.717, 1.165) is 68.6 Å². The van der Waals surface area contributed by atoms with E-state index < -0.39 is 0 Å². The minimum absolute atomic E-state index is 0.0609. The second-order valence-corrected chi connectivity index (χ2v) is 11.1. The number of nitrogens with one attached hydrogen (secondary N) is 2. The predicted molar refractivity (Wildman–Crippen MR) is 143 cm³/mol. The third kappa shape index (κ3) is 3.28. The first-order valence-corrected chi connectivity index (χ1v) is 13.2. The molecule has 2 aromatic carbocycles. The summed E-state index contributed by atoms with van der Waals surface area (Å²) in [6.07, 6.45) is 5.94. The van der Waals surface area contributed by atoms with Crippen LogP contribution >= 0.6 is 0 Å². The Morgan fingerprint density at radius 1 is 1.08 bits per heavy atom. The van der Waals surface area contributed by atoms with Crippen molar-refractivity contribution >= 4 is 17.0 Å². The molecule has 0 bridgehead atoms. The van der Waals surface area contributed by atoms with Crippen molar-refractivity contribution in [3.63, 3.8) is 0 Å². The number of piperidine rings is 1. The first-order chi connectivity index (χ1) is 18.0. The van der Waals surface area contributed by atoms with Crippen LogP contribution in [-0.2, 0) is 11.8 Å². The zero-order chi connectivity index (χ0) is 25.2. The van der Waals surface area contributed by atoms with Crippen molar-refractivity contribution in [1.82, 2.24) is 20.2 Å². The lowest BCUT2D eigenvalue weighted by molar-refractivity contribution is 0.187. The van der Waals surface area contributed by atoms with Gasteiger partial charge in [0.25, 0.3) is 5.56 Å². The van der Waals surface area contributed by atoms with E-state index in [2.05, 4.69) is 56.5 Å². The summed E-state index contributed by atoms with van der Waals surface area (Å²) in [6, 6.07) is 16.7. The molecule has 1 spiro atoms. The average molecular weight is 497 g/mol. The number of aromatic amines is 2. The summed E-state index contributed by atoms with van der Waals surface area (Å²) in [7, 11) is 1.67. The van der Waals surface area contributed by atoms with Gasteiger partial charge in [0.1, 0.15) is 11.1 Å². The van der Waals surface area contributed by atoms with Crippen LogP contribution in [-0.4, -0.2) is 40.4 Å². The molecule has 4 aromatic rings. The molecule has 2 aromatic heterocycles. The molecule has 0 unspecified atom stereocenters. The summed E-state index contributed by atoms with van der Waals surface area (Å²) < 4.78 is 5.47. The molecule has 2 aliphatic carbocycles. The van der Waals surface area contributed by atoms with Gasteiger partial charge in [0, 0.05) is 24.5 Å². The van der Waals surface area contributed by atoms with Gasteiger partial charge in [0.15, 0.2) is 5.65 Å². The Bertz CT molecular complexity index is 1540. The van der Waals surface area contributed by atoms with Gasteiger partial charge in [-0.25, -0.2) is 0 Å². The number of methoxy groups -OCH3 is 1. The van der Waals surface area contributed by atoms with Crippen LogP contribution in [0.5, 0.6) is 5.75 Å². The first-order valence-electron chi connectivity index (χ1n) is 13.2. The average Bonchev–Trinajstić information content (AvgIpc) is 3.44. The predicted octanol–water partition coefficient (Wildman–Crippen LogP) is 3.97. The summed E-state index contributed by atoms with van der Waals surface area (Å²) in [5.41, 5.74) is 11.5. The second kappa shape index (κ2) is 8.18. The van der Waals surface area contributed by atoms with E-state index in [4.69, 9.17) is 15.5 Å². The van der Waals surface area contributed by atoms with Crippen LogP contribution in [0.1, 0.15) is 60.5 Å². The molecule has 1 aliphatic heterocycles. The Morgan fingerprint density at radius 2 is 1.89 bits per heavy atom. The van der Waals surface area contributed by atoms with E-state index in [0.29, 0.717) is 17.0 Å². The lowest BCUT2D eigenvalue weighted by atomic mass is 9.62. The summed E-state index contributed by atoms with van der Waals surface area (Å²) in [5.74, 6) is 1.42. The maximum Gasteiger partial charge on any atom is 0.263 e. The van der Waals surface area contributed by atoms with E-state index in [9.17, 15) is 4.79 Å². The van der Waals surface area contributed by atoms with Gasteiger partial charge < -0.3 is 15.4 Å². The summed E-state index contributed by atoms with van der Waals surface area (Å²) in [5, 5.41) is 8.33. The van der Waals surface area contributed by atoms with Crippen LogP contribution in [0.3, 0.4) is 0 Å². The molecule has 37 heavy (non-hydrogen) atoms. The molecule has 7 rings (SSSR count). The number of aromatic nitrogens is 4. The molecule has 4 N–H and O–H groups in total. The summed E-state index contributed by atoms with van der Waals surface area (Å²) in [4.78, 5) is 23.6. The lowest BCUT2D eigenvalue weighted by Crippen LogP contribution is -2.45. The number of rotatable bonds is 4. The van der Waals surface area contributed by atoms with Gasteiger partial charge in [0.05, 0.1) is 12.8 Å². The number of hydrogen-bond donors (Lipinski definition) is 3. The number of H-pyrrole nitrogens is 2. The van der Waals surface area contributed by atoms with Gasteiger partial charge in [-0.2, -0.15) is 10.1 Å². The van der Waals surface area contributed by atoms with Crippen LogP contribution in [0.15, 0.2) is 53.3 Å². The molecule has 1 atom stereocenters. The maximum atomic E-state index is 13.5. The minimum atomic E-state index is -0.298. The van der Waals surface area contributed by atoms with Crippen molar-refractivity contribution < 1.29 is 4.74 Å². The lowest BCUT2D eigenvalue weighted by Gasteiger charge is -2.42. The zero-order valence-electron chi connectivity index (χ0n) is 21.1. The number of nitrogens with zero attached hydrogens (tertiary/aromatic N) is 3. The number of hydrogen-bond acceptors (Lipinski definition) is 6. The third-order valence-corrected chi connectivity index (χ3v) is 9.35. The molecule has 1 saturated carbocycles. The van der Waals surface area contributed by atoms with E-state index in [1.54, 1.807) is 7.11 Å². The number of anilines is 1. The minimum Gasteiger partial charge on any atom is -0.497 e. The monoisotopic (exact) mass is 496 g/mol. The van der Waals surface area contributed by atoms with Gasteiger partial charge in [-0.05, 0) is 66.3 Å². The highest BCUT2D eigenvalue weighted by molar-refractivity contribution is 5.80. The largest absolute Gasteiger partial charge is 0.497 e. The van der Waals surface area contributed by atoms with Gasteiger partial charge in [-0.3, -0.25) is 14.9 Å². The van der Waals surface area contributed by atoms with Gasteiger partial charge in [-0.1, -0.05) is 42.8 Å². The van der Waals surface area contributed by atoms with Crippen molar-refractivity contribution in [2.75, 3.05) is 25.1 Å². The van der Waals surface area contributed by atoms with Crippen LogP contribution in [0, 0.1) is 5.41 Å². The molecule has 8 nitrogen and oxygen atoms in total. The molecular formula is C29H32N6O2. The number of ether oxygens (including phenoxy) is 1. The van der Waals surface area contributed by atoms with Crippen LogP contribution in [0.4, 0.5) is 5.95 Å². The molecule has 2 fully saturated rings. The van der Waals surface area contributed by atoms with Crippen molar-refractivity contribution in [1.29, 1.82) is 0 Å². The van der Waals surface area contributed by atoms with Crippen molar-refractivity contribution in [3.8, 4) is 5.75 Å². The Labute approximate surface area is 215 Å². The van der Waals surface area contributed by atoms with Crippen LogP contribution < -0.4 is 20.9 Å². The van der Waals surface area contributed by atoms with E-state index in [-0.39, 0.29) is 22.4 Å². The highest BCUT2D eigenvalue weighted by Gasteiger charge is 2.47. The fourth-order valence-electron chi connectivity index (χ4n) is 7.01. The Morgan fingerprint density at radius 3 is 2.62 bits per heavy atom. The topological polar surface area (TPSA) is 113 Å². The number of nitrogens with two attached hydrogens (primary N) is 1. The SMILES string of the molecule is COc1cccc(C2(c3n[nH]c4nc(N5CCC6(CC5)Cc5ccccc5[C@H]6N)[nH]c(=O)c34)CCC2)c1. The smallest absolute Gasteiger partial charge is 0.263 e. The molecule has 3 aliphatic rings. The Hall–Kier alpha value is -3.65. The van der Waals surface area contributed by atoms with Crippen LogP contribution in [0.2, 0.25) is 0 Å². The molecule has 3 heterocycles. The van der Waals surface area contributed by atoms with Crippen molar-refractivity contribution in [2.45, 2.75) is 50.0 Å². The maximum absolute atomic E-state index is 13.5. The fraction of sp³-hybridized carbons (Fsp3) is 0.414. The summed E-state index contributed by atoms with van der Waals surface area (Å²) >= 11 is 0. The van der Waals surface area contributed by atoms with Gasteiger partial charge >= 0.3 is 0 Å². The molecule has 190 valence electrons. The molecular weight excluding hydrogens is 464 g/mol. The number of benzene rings is 2. The fourth-order valence-corrected chi connectivity index (χ4v) is 7.01. The Kier molecular flexibility index (Phi) is 4.98. The van der Waals surface area contributed by atoms with Gasteiger partial charge in [0.2, 0.25) is 5.95 Å². The highest BCUT2D eigenvalue weighted by Crippen LogP contribution is 2.52. The van der Waals surface area contributed by atoms with E-state index in [1.807, 2.05) is 12.1 Å². The highest BCUT2D eigenvalue weighted by atomic mass is 16.5. The zero-order valence-corrected chi connectivity index (χ0v) is 21.1.